The molecule has 1 fully saturated rings. The SMILES string of the molecule is CCNC(=NCc1ccc(Oc2ccccc2OC)cc1)NC1CCN(C(=O)C(C)C)C1.I. The second-order valence-electron chi connectivity index (χ2n) is 8.16. The van der Waals surface area contributed by atoms with Crippen molar-refractivity contribution in [3.63, 3.8) is 0 Å². The maximum atomic E-state index is 12.2. The summed E-state index contributed by atoms with van der Waals surface area (Å²) in [5.41, 5.74) is 1.08. The van der Waals surface area contributed by atoms with Gasteiger partial charge in [0.05, 0.1) is 13.7 Å². The molecule has 1 aliphatic heterocycles. The lowest BCUT2D eigenvalue weighted by Crippen LogP contribution is -2.45. The Morgan fingerprint density at radius 2 is 1.85 bits per heavy atom. The van der Waals surface area contributed by atoms with Crippen LogP contribution in [0.4, 0.5) is 0 Å². The second-order valence-corrected chi connectivity index (χ2v) is 8.16. The van der Waals surface area contributed by atoms with Gasteiger partial charge in [-0.2, -0.15) is 0 Å². The number of guanidine groups is 1. The third kappa shape index (κ3) is 7.80. The Morgan fingerprint density at radius 1 is 1.15 bits per heavy atom. The average molecular weight is 566 g/mol. The molecule has 0 radical (unpaired) electrons. The van der Waals surface area contributed by atoms with Gasteiger partial charge in [0.15, 0.2) is 17.5 Å². The summed E-state index contributed by atoms with van der Waals surface area (Å²) in [5.74, 6) is 3.14. The third-order valence-electron chi connectivity index (χ3n) is 5.32. The number of carbonyl (C=O) groups excluding carboxylic acids is 1. The molecule has 33 heavy (non-hydrogen) atoms. The maximum Gasteiger partial charge on any atom is 0.225 e. The second kappa shape index (κ2) is 13.3. The highest BCUT2D eigenvalue weighted by Gasteiger charge is 2.27. The summed E-state index contributed by atoms with van der Waals surface area (Å²) in [4.78, 5) is 18.9. The van der Waals surface area contributed by atoms with Crippen molar-refractivity contribution in [1.82, 2.24) is 15.5 Å². The quantitative estimate of drug-likeness (QED) is 0.281. The summed E-state index contributed by atoms with van der Waals surface area (Å²) < 4.78 is 11.3. The number of para-hydroxylation sites is 2. The minimum Gasteiger partial charge on any atom is -0.493 e. The van der Waals surface area contributed by atoms with Crippen molar-refractivity contribution < 1.29 is 14.3 Å². The van der Waals surface area contributed by atoms with Gasteiger partial charge in [0.1, 0.15) is 5.75 Å². The first-order chi connectivity index (χ1) is 15.5. The standard InChI is InChI=1S/C25H34N4O3.HI/c1-5-26-25(28-20-14-15-29(17-20)24(30)18(2)3)27-16-19-10-12-21(13-11-19)32-23-9-7-6-8-22(23)31-4;/h6-13,18,20H,5,14-17H2,1-4H3,(H2,26,27,28);1H. The minimum absolute atomic E-state index is 0. The normalized spacial score (nSPS) is 15.7. The Hall–Kier alpha value is -2.49. The van der Waals surface area contributed by atoms with Crippen molar-refractivity contribution >= 4 is 35.8 Å². The molecule has 0 aromatic heterocycles. The first-order valence-electron chi connectivity index (χ1n) is 11.2. The van der Waals surface area contributed by atoms with E-state index in [1.807, 2.05) is 74.2 Å². The van der Waals surface area contributed by atoms with Crippen LogP contribution >= 0.6 is 24.0 Å². The third-order valence-corrected chi connectivity index (χ3v) is 5.32. The number of nitrogens with one attached hydrogen (secondary N) is 2. The van der Waals surface area contributed by atoms with Crippen molar-refractivity contribution in [2.75, 3.05) is 26.7 Å². The van der Waals surface area contributed by atoms with Crippen LogP contribution in [0.5, 0.6) is 17.2 Å². The van der Waals surface area contributed by atoms with E-state index in [4.69, 9.17) is 14.5 Å². The summed E-state index contributed by atoms with van der Waals surface area (Å²) in [5, 5.41) is 6.77. The van der Waals surface area contributed by atoms with Crippen LogP contribution in [0.15, 0.2) is 53.5 Å². The molecule has 0 aliphatic carbocycles. The number of nitrogens with zero attached hydrogens (tertiary/aromatic N) is 2. The van der Waals surface area contributed by atoms with Gasteiger partial charge in [-0.15, -0.1) is 24.0 Å². The summed E-state index contributed by atoms with van der Waals surface area (Å²) >= 11 is 0. The number of hydrogen-bond donors (Lipinski definition) is 2. The number of hydrogen-bond acceptors (Lipinski definition) is 4. The number of carbonyl (C=O) groups is 1. The molecule has 180 valence electrons. The van der Waals surface area contributed by atoms with Crippen LogP contribution in [-0.2, 0) is 11.3 Å². The van der Waals surface area contributed by atoms with E-state index in [-0.39, 0.29) is 41.8 Å². The highest BCUT2D eigenvalue weighted by atomic mass is 127. The summed E-state index contributed by atoms with van der Waals surface area (Å²) in [6.45, 7) is 8.77. The number of likely N-dealkylation sites (tertiary alicyclic amines) is 1. The van der Waals surface area contributed by atoms with Gasteiger partial charge < -0.3 is 25.0 Å². The topological polar surface area (TPSA) is 75.2 Å². The Balaban J connectivity index is 0.00000385. The first kappa shape index (κ1) is 26.8. The molecule has 0 bridgehead atoms. The van der Waals surface area contributed by atoms with Crippen LogP contribution in [0.1, 0.15) is 32.8 Å². The van der Waals surface area contributed by atoms with Crippen molar-refractivity contribution in [2.24, 2.45) is 10.9 Å². The van der Waals surface area contributed by atoms with Crippen molar-refractivity contribution in [2.45, 2.75) is 39.8 Å². The van der Waals surface area contributed by atoms with Crippen molar-refractivity contribution in [3.8, 4) is 17.2 Å². The van der Waals surface area contributed by atoms with Crippen molar-refractivity contribution in [3.05, 3.63) is 54.1 Å². The van der Waals surface area contributed by atoms with Crippen LogP contribution in [0, 0.1) is 5.92 Å². The molecule has 7 nitrogen and oxygen atoms in total. The fraction of sp³-hybridized carbons (Fsp3) is 0.440. The van der Waals surface area contributed by atoms with E-state index in [1.165, 1.54) is 0 Å². The van der Waals surface area contributed by atoms with Crippen LogP contribution in [0.2, 0.25) is 0 Å². The molecule has 1 aliphatic rings. The molecule has 0 spiro atoms. The maximum absolute atomic E-state index is 12.2. The zero-order valence-corrected chi connectivity index (χ0v) is 22.2. The lowest BCUT2D eigenvalue weighted by molar-refractivity contribution is -0.133. The lowest BCUT2D eigenvalue weighted by atomic mass is 10.2. The largest absolute Gasteiger partial charge is 0.493 e. The van der Waals surface area contributed by atoms with Gasteiger partial charge in [-0.05, 0) is 43.2 Å². The summed E-state index contributed by atoms with van der Waals surface area (Å²) in [6.07, 6.45) is 0.928. The van der Waals surface area contributed by atoms with Crippen LogP contribution < -0.4 is 20.1 Å². The predicted octanol–water partition coefficient (Wildman–Crippen LogP) is 4.42. The monoisotopic (exact) mass is 566 g/mol. The lowest BCUT2D eigenvalue weighted by Gasteiger charge is -2.20. The van der Waals surface area contributed by atoms with E-state index in [1.54, 1.807) is 7.11 Å². The molecule has 2 aromatic carbocycles. The number of ether oxygens (including phenoxy) is 2. The molecule has 2 N–H and O–H groups in total. The van der Waals surface area contributed by atoms with Gasteiger partial charge in [0.25, 0.3) is 0 Å². The Morgan fingerprint density at radius 3 is 2.48 bits per heavy atom. The molecule has 1 heterocycles. The van der Waals surface area contributed by atoms with E-state index < -0.39 is 0 Å². The van der Waals surface area contributed by atoms with E-state index in [0.29, 0.717) is 18.0 Å². The molecule has 1 atom stereocenters. The van der Waals surface area contributed by atoms with Gasteiger partial charge in [0.2, 0.25) is 5.91 Å². The molecule has 1 amide bonds. The zero-order chi connectivity index (χ0) is 22.9. The average Bonchev–Trinajstić information content (AvgIpc) is 3.26. The fourth-order valence-electron chi connectivity index (χ4n) is 3.62. The summed E-state index contributed by atoms with van der Waals surface area (Å²) in [7, 11) is 1.63. The molecule has 1 unspecified atom stereocenters. The van der Waals surface area contributed by atoms with Crippen LogP contribution in [0.25, 0.3) is 0 Å². The predicted molar refractivity (Wildman–Crippen MR) is 143 cm³/mol. The first-order valence-corrected chi connectivity index (χ1v) is 11.2. The zero-order valence-electron chi connectivity index (χ0n) is 19.8. The molecular weight excluding hydrogens is 531 g/mol. The van der Waals surface area contributed by atoms with Crippen LogP contribution in [-0.4, -0.2) is 49.6 Å². The molecule has 0 saturated carbocycles. The highest BCUT2D eigenvalue weighted by molar-refractivity contribution is 14.0. The molecule has 8 heteroatoms. The Bertz CT molecular complexity index is 918. The van der Waals surface area contributed by atoms with E-state index in [0.717, 1.165) is 43.3 Å². The molecule has 2 aromatic rings. The highest BCUT2D eigenvalue weighted by Crippen LogP contribution is 2.30. The number of aliphatic imine (C=N–C) groups is 1. The van der Waals surface area contributed by atoms with Gasteiger partial charge in [-0.3, -0.25) is 4.79 Å². The van der Waals surface area contributed by atoms with E-state index in [9.17, 15) is 4.79 Å². The molecule has 1 saturated heterocycles. The molecule has 3 rings (SSSR count). The van der Waals surface area contributed by atoms with E-state index >= 15 is 0 Å². The van der Waals surface area contributed by atoms with Gasteiger partial charge in [-0.1, -0.05) is 38.1 Å². The minimum atomic E-state index is 0. The fourth-order valence-corrected chi connectivity index (χ4v) is 3.62. The van der Waals surface area contributed by atoms with E-state index in [2.05, 4.69) is 10.6 Å². The van der Waals surface area contributed by atoms with Gasteiger partial charge in [-0.25, -0.2) is 4.99 Å². The Labute approximate surface area is 214 Å². The number of amides is 1. The van der Waals surface area contributed by atoms with Crippen molar-refractivity contribution in [1.29, 1.82) is 0 Å². The molecular formula is C25H35IN4O3. The Kier molecular flexibility index (Phi) is 10.8. The number of methoxy groups -OCH3 is 1. The van der Waals surface area contributed by atoms with Gasteiger partial charge in [0, 0.05) is 31.6 Å². The van der Waals surface area contributed by atoms with Crippen LogP contribution in [0.3, 0.4) is 0 Å². The van der Waals surface area contributed by atoms with Gasteiger partial charge >= 0.3 is 0 Å². The number of rotatable bonds is 8. The smallest absolute Gasteiger partial charge is 0.225 e. The summed E-state index contributed by atoms with van der Waals surface area (Å²) in [6, 6.07) is 15.7. The number of halogens is 1. The number of benzene rings is 2.